The van der Waals surface area contributed by atoms with E-state index in [-0.39, 0.29) is 6.61 Å². The van der Waals surface area contributed by atoms with Crippen molar-refractivity contribution in [1.29, 1.82) is 0 Å². The summed E-state index contributed by atoms with van der Waals surface area (Å²) in [5, 5.41) is 34.9. The number of rotatable bonds is 3. The Labute approximate surface area is 173 Å². The van der Waals surface area contributed by atoms with Crippen LogP contribution in [0.3, 0.4) is 0 Å². The topological polar surface area (TPSA) is 114 Å². The summed E-state index contributed by atoms with van der Waals surface area (Å²) in [6.07, 6.45) is -2.69. The van der Waals surface area contributed by atoms with Crippen LogP contribution in [0.5, 0.6) is 0 Å². The average molecular weight is 423 g/mol. The number of thiophene rings is 1. The maximum atomic E-state index is 10.6. The number of para-hydroxylation sites is 1. The summed E-state index contributed by atoms with van der Waals surface area (Å²) in [6.45, 7) is -0.388. The molecule has 5 heterocycles. The number of aliphatic hydroxyl groups is 3. The molecule has 0 spiro atoms. The van der Waals surface area contributed by atoms with Crippen molar-refractivity contribution in [2.45, 2.75) is 24.5 Å². The Hall–Kier alpha value is -2.82. The third kappa shape index (κ3) is 2.41. The lowest BCUT2D eigenvalue weighted by atomic mass is 10.1. The predicted octanol–water partition coefficient (Wildman–Crippen LogP) is 2.67. The lowest BCUT2D eigenvalue weighted by molar-refractivity contribution is -0.0488. The molecule has 5 aromatic rings. The summed E-state index contributed by atoms with van der Waals surface area (Å²) in [5.41, 5.74) is 1.98. The normalized spacial score (nSPS) is 24.5. The molecule has 8 nitrogen and oxygen atoms in total. The van der Waals surface area contributed by atoms with Crippen molar-refractivity contribution >= 4 is 43.6 Å². The minimum atomic E-state index is -1.20. The van der Waals surface area contributed by atoms with Gasteiger partial charge in [-0.2, -0.15) is 0 Å². The Morgan fingerprint density at radius 2 is 1.97 bits per heavy atom. The molecule has 4 aromatic heterocycles. The Bertz CT molecular complexity index is 1360. The fraction of sp³-hybridized carbons (Fsp3) is 0.238. The van der Waals surface area contributed by atoms with Gasteiger partial charge in [0.2, 0.25) is 0 Å². The molecule has 1 aliphatic heterocycles. The number of ether oxygens (including phenoxy) is 1. The van der Waals surface area contributed by atoms with E-state index in [1.807, 2.05) is 41.8 Å². The predicted molar refractivity (Wildman–Crippen MR) is 111 cm³/mol. The smallest absolute Gasteiger partial charge is 0.165 e. The molecule has 0 amide bonds. The van der Waals surface area contributed by atoms with E-state index in [9.17, 15) is 15.3 Å². The summed E-state index contributed by atoms with van der Waals surface area (Å²) in [4.78, 5) is 9.80. The fourth-order valence-electron chi connectivity index (χ4n) is 4.20. The van der Waals surface area contributed by atoms with E-state index in [0.717, 1.165) is 26.6 Å². The van der Waals surface area contributed by atoms with E-state index in [0.29, 0.717) is 17.1 Å². The van der Waals surface area contributed by atoms with Crippen molar-refractivity contribution in [1.82, 2.24) is 14.5 Å². The largest absolute Gasteiger partial charge is 0.454 e. The van der Waals surface area contributed by atoms with Crippen molar-refractivity contribution in [2.24, 2.45) is 0 Å². The number of nitrogens with zero attached hydrogens (tertiary/aromatic N) is 3. The molecule has 152 valence electrons. The molecule has 0 saturated carbocycles. The molecule has 0 bridgehead atoms. The zero-order valence-electron chi connectivity index (χ0n) is 15.5. The quantitative estimate of drug-likeness (QED) is 0.409. The summed E-state index contributed by atoms with van der Waals surface area (Å²) in [6, 6.07) is 11.7. The third-order valence-corrected chi connectivity index (χ3v) is 6.53. The van der Waals surface area contributed by atoms with Gasteiger partial charge in [-0.15, -0.1) is 11.3 Å². The number of hydrogen-bond donors (Lipinski definition) is 3. The van der Waals surface area contributed by atoms with E-state index in [1.54, 1.807) is 4.57 Å². The highest BCUT2D eigenvalue weighted by atomic mass is 32.1. The molecule has 0 aliphatic carbocycles. The van der Waals surface area contributed by atoms with Crippen molar-refractivity contribution < 1.29 is 24.5 Å². The molecule has 1 aromatic carbocycles. The van der Waals surface area contributed by atoms with Crippen LogP contribution in [0.15, 0.2) is 52.5 Å². The zero-order chi connectivity index (χ0) is 20.4. The van der Waals surface area contributed by atoms with E-state index < -0.39 is 24.5 Å². The number of aliphatic hydroxyl groups excluding tert-OH is 3. The third-order valence-electron chi connectivity index (χ3n) is 5.62. The minimum Gasteiger partial charge on any atom is -0.454 e. The molecular weight excluding hydrogens is 406 g/mol. The van der Waals surface area contributed by atoms with E-state index in [4.69, 9.17) is 9.15 Å². The van der Waals surface area contributed by atoms with Gasteiger partial charge in [-0.25, -0.2) is 9.97 Å². The second-order valence-corrected chi connectivity index (χ2v) is 8.20. The first-order valence-corrected chi connectivity index (χ1v) is 10.4. The van der Waals surface area contributed by atoms with Gasteiger partial charge >= 0.3 is 0 Å². The summed E-state index contributed by atoms with van der Waals surface area (Å²) < 4.78 is 13.6. The van der Waals surface area contributed by atoms with Gasteiger partial charge in [0.25, 0.3) is 0 Å². The molecule has 3 N–H and O–H groups in total. The Kier molecular flexibility index (Phi) is 3.95. The van der Waals surface area contributed by atoms with Crippen LogP contribution in [0.4, 0.5) is 0 Å². The minimum absolute atomic E-state index is 0.388. The van der Waals surface area contributed by atoms with Crippen LogP contribution in [0.25, 0.3) is 43.7 Å². The van der Waals surface area contributed by atoms with Crippen LogP contribution >= 0.6 is 11.3 Å². The van der Waals surface area contributed by atoms with Gasteiger partial charge in [-0.05, 0) is 23.6 Å². The number of furan rings is 1. The highest BCUT2D eigenvalue weighted by molar-refractivity contribution is 7.17. The van der Waals surface area contributed by atoms with Crippen LogP contribution in [-0.4, -0.2) is 54.8 Å². The number of benzene rings is 1. The molecular formula is C21H17N3O5S. The van der Waals surface area contributed by atoms with Crippen LogP contribution in [0.2, 0.25) is 0 Å². The van der Waals surface area contributed by atoms with Gasteiger partial charge in [0.1, 0.15) is 46.4 Å². The van der Waals surface area contributed by atoms with Gasteiger partial charge in [0.05, 0.1) is 12.0 Å². The number of aromatic nitrogens is 3. The second-order valence-electron chi connectivity index (χ2n) is 7.31. The highest BCUT2D eigenvalue weighted by Gasteiger charge is 2.44. The van der Waals surface area contributed by atoms with Crippen molar-refractivity contribution in [3.8, 4) is 11.5 Å². The maximum Gasteiger partial charge on any atom is 0.165 e. The zero-order valence-corrected chi connectivity index (χ0v) is 16.4. The average Bonchev–Trinajstić information content (AvgIpc) is 3.51. The standard InChI is InChI=1S/C21H17N3O5S/c25-8-14-17(26)18(27)20(29-14)24-19-15(11-5-6-30-21(11)24)16(22-9-23-19)13-7-10-3-1-2-4-12(10)28-13/h1-7,9,14,17-18,20,25-27H,8H2/t14-,17-,18-,20-/m1/s1. The molecule has 1 saturated heterocycles. The van der Waals surface area contributed by atoms with E-state index >= 15 is 0 Å². The Morgan fingerprint density at radius 1 is 1.10 bits per heavy atom. The molecule has 1 fully saturated rings. The summed E-state index contributed by atoms with van der Waals surface area (Å²) >= 11 is 1.48. The summed E-state index contributed by atoms with van der Waals surface area (Å²) in [7, 11) is 0. The van der Waals surface area contributed by atoms with E-state index in [2.05, 4.69) is 9.97 Å². The van der Waals surface area contributed by atoms with Gasteiger partial charge in [0, 0.05) is 10.8 Å². The first-order chi connectivity index (χ1) is 14.7. The van der Waals surface area contributed by atoms with Crippen molar-refractivity contribution in [2.75, 3.05) is 6.61 Å². The van der Waals surface area contributed by atoms with Crippen molar-refractivity contribution in [3.63, 3.8) is 0 Å². The molecule has 0 radical (unpaired) electrons. The van der Waals surface area contributed by atoms with Crippen LogP contribution in [0, 0.1) is 0 Å². The summed E-state index contributed by atoms with van der Waals surface area (Å²) in [5.74, 6) is 0.620. The lowest BCUT2D eigenvalue weighted by Gasteiger charge is -2.18. The number of hydrogen-bond acceptors (Lipinski definition) is 8. The van der Waals surface area contributed by atoms with Crippen LogP contribution in [-0.2, 0) is 4.74 Å². The molecule has 9 heteroatoms. The fourth-order valence-corrected chi connectivity index (χ4v) is 5.13. The van der Waals surface area contributed by atoms with E-state index in [1.165, 1.54) is 17.7 Å². The highest BCUT2D eigenvalue weighted by Crippen LogP contribution is 2.42. The SMILES string of the molecule is OC[C@H]1O[C@@H](n2c3ncnc(-c4cc5ccccc5o4)c3c3ccsc32)[C@H](O)[C@@H]1O. The van der Waals surface area contributed by atoms with Gasteiger partial charge in [-0.1, -0.05) is 18.2 Å². The first-order valence-electron chi connectivity index (χ1n) is 9.51. The lowest BCUT2D eigenvalue weighted by Crippen LogP contribution is -2.33. The molecule has 0 unspecified atom stereocenters. The maximum absolute atomic E-state index is 10.6. The number of fused-ring (bicyclic) bond motifs is 4. The van der Waals surface area contributed by atoms with Crippen molar-refractivity contribution in [3.05, 3.63) is 48.1 Å². The monoisotopic (exact) mass is 423 g/mol. The molecule has 4 atom stereocenters. The molecule has 6 rings (SSSR count). The second kappa shape index (κ2) is 6.59. The first kappa shape index (κ1) is 18.0. The Balaban J connectivity index is 1.61. The van der Waals surface area contributed by atoms with Gasteiger partial charge < -0.3 is 24.5 Å². The molecule has 30 heavy (non-hydrogen) atoms. The van der Waals surface area contributed by atoms with Crippen LogP contribution < -0.4 is 0 Å². The Morgan fingerprint density at radius 3 is 2.77 bits per heavy atom. The van der Waals surface area contributed by atoms with Crippen LogP contribution in [0.1, 0.15) is 6.23 Å². The van der Waals surface area contributed by atoms with Gasteiger partial charge in [-0.3, -0.25) is 4.57 Å². The molecule has 1 aliphatic rings. The van der Waals surface area contributed by atoms with Gasteiger partial charge in [0.15, 0.2) is 12.0 Å².